The van der Waals surface area contributed by atoms with Gasteiger partial charge in [0.05, 0.1) is 5.69 Å². The molecular weight excluding hydrogens is 751 g/mol. The zero-order chi connectivity index (χ0) is 41.0. The molecular formula is C60H39NO. The predicted octanol–water partition coefficient (Wildman–Crippen LogP) is 17.2. The van der Waals surface area contributed by atoms with Gasteiger partial charge in [-0.3, -0.25) is 0 Å². The van der Waals surface area contributed by atoms with Crippen molar-refractivity contribution in [3.8, 4) is 44.5 Å². The molecule has 2 heteroatoms. The van der Waals surface area contributed by atoms with E-state index >= 15 is 0 Å². The van der Waals surface area contributed by atoms with E-state index in [1.807, 2.05) is 6.07 Å². The summed E-state index contributed by atoms with van der Waals surface area (Å²) < 4.78 is 6.68. The molecule has 0 amide bonds. The number of fused-ring (bicyclic) bond motifs is 7. The van der Waals surface area contributed by atoms with Gasteiger partial charge in [0.15, 0.2) is 0 Å². The number of nitrogens with zero attached hydrogens (tertiary/aromatic N) is 1. The Kier molecular flexibility index (Phi) is 8.53. The first-order valence-corrected chi connectivity index (χ1v) is 21.2. The Balaban J connectivity index is 0.999. The SMILES string of the molecule is c1cc(-c2ccc(N(c3ccc(-c4ccc5ccccc5c4)cc3)c3ccccc3-c3cccc4ccc5c6ccccc6oc5c34)cc2)cc(-c2cccc3ccccc23)c1. The van der Waals surface area contributed by atoms with Crippen molar-refractivity contribution >= 4 is 71.3 Å². The lowest BCUT2D eigenvalue weighted by Crippen LogP contribution is -2.11. The first kappa shape index (κ1) is 35.7. The second-order valence-corrected chi connectivity index (χ2v) is 16.1. The fourth-order valence-electron chi connectivity index (χ4n) is 9.42. The molecule has 1 heterocycles. The minimum absolute atomic E-state index is 0.897. The highest BCUT2D eigenvalue weighted by Gasteiger charge is 2.21. The highest BCUT2D eigenvalue weighted by atomic mass is 16.3. The van der Waals surface area contributed by atoms with Crippen LogP contribution in [-0.4, -0.2) is 0 Å². The van der Waals surface area contributed by atoms with Crippen LogP contribution in [0.25, 0.3) is 98.8 Å². The van der Waals surface area contributed by atoms with Crippen LogP contribution in [0.2, 0.25) is 0 Å². The molecule has 0 aliphatic heterocycles. The molecule has 290 valence electrons. The van der Waals surface area contributed by atoms with Crippen molar-refractivity contribution in [1.29, 1.82) is 0 Å². The van der Waals surface area contributed by atoms with E-state index in [1.54, 1.807) is 0 Å². The smallest absolute Gasteiger partial charge is 0.143 e. The third kappa shape index (κ3) is 6.12. The van der Waals surface area contributed by atoms with E-state index in [0.717, 1.165) is 66.5 Å². The van der Waals surface area contributed by atoms with Gasteiger partial charge in [0.1, 0.15) is 11.2 Å². The number of hydrogen-bond donors (Lipinski definition) is 0. The molecule has 62 heavy (non-hydrogen) atoms. The molecule has 0 aliphatic rings. The maximum Gasteiger partial charge on any atom is 0.143 e. The van der Waals surface area contributed by atoms with Gasteiger partial charge in [-0.25, -0.2) is 0 Å². The molecule has 0 fully saturated rings. The second-order valence-electron chi connectivity index (χ2n) is 16.1. The lowest BCUT2D eigenvalue weighted by molar-refractivity contribution is 0.673. The molecule has 0 spiro atoms. The molecule has 0 aliphatic carbocycles. The Hall–Kier alpha value is -8.20. The van der Waals surface area contributed by atoms with Crippen LogP contribution < -0.4 is 4.90 Å². The summed E-state index contributed by atoms with van der Waals surface area (Å²) in [5.74, 6) is 0. The first-order chi connectivity index (χ1) is 30.7. The van der Waals surface area contributed by atoms with Crippen molar-refractivity contribution in [2.24, 2.45) is 0 Å². The van der Waals surface area contributed by atoms with Crippen molar-refractivity contribution in [3.63, 3.8) is 0 Å². The molecule has 0 saturated carbocycles. The van der Waals surface area contributed by atoms with Crippen LogP contribution in [0.3, 0.4) is 0 Å². The minimum Gasteiger partial charge on any atom is -0.455 e. The Bertz CT molecular complexity index is 3630. The van der Waals surface area contributed by atoms with Crippen molar-refractivity contribution in [2.45, 2.75) is 0 Å². The monoisotopic (exact) mass is 789 g/mol. The van der Waals surface area contributed by atoms with E-state index in [1.165, 1.54) is 49.4 Å². The van der Waals surface area contributed by atoms with Crippen molar-refractivity contribution < 1.29 is 4.42 Å². The highest BCUT2D eigenvalue weighted by Crippen LogP contribution is 2.46. The Morgan fingerprint density at radius 1 is 0.290 bits per heavy atom. The predicted molar refractivity (Wildman–Crippen MR) is 263 cm³/mol. The Labute approximate surface area is 360 Å². The molecule has 1 aromatic heterocycles. The van der Waals surface area contributed by atoms with Gasteiger partial charge in [-0.15, -0.1) is 0 Å². The van der Waals surface area contributed by atoms with Gasteiger partial charge in [0, 0.05) is 33.1 Å². The largest absolute Gasteiger partial charge is 0.455 e. The molecule has 0 saturated heterocycles. The van der Waals surface area contributed by atoms with Crippen molar-refractivity contribution in [3.05, 3.63) is 237 Å². The molecule has 0 bridgehead atoms. The maximum atomic E-state index is 6.68. The normalized spacial score (nSPS) is 11.5. The van der Waals surface area contributed by atoms with Gasteiger partial charge in [-0.1, -0.05) is 182 Å². The number of anilines is 3. The zero-order valence-corrected chi connectivity index (χ0v) is 33.9. The number of para-hydroxylation sites is 2. The lowest BCUT2D eigenvalue weighted by atomic mass is 9.94. The van der Waals surface area contributed by atoms with Gasteiger partial charge >= 0.3 is 0 Å². The number of benzene rings is 11. The summed E-state index contributed by atoms with van der Waals surface area (Å²) in [7, 11) is 0. The lowest BCUT2D eigenvalue weighted by Gasteiger charge is -2.28. The first-order valence-electron chi connectivity index (χ1n) is 21.2. The van der Waals surface area contributed by atoms with E-state index in [0.29, 0.717) is 0 Å². The molecule has 0 unspecified atom stereocenters. The average Bonchev–Trinajstić information content (AvgIpc) is 3.73. The molecule has 2 nitrogen and oxygen atoms in total. The fraction of sp³-hybridized carbons (Fsp3) is 0. The van der Waals surface area contributed by atoms with Gasteiger partial charge in [-0.2, -0.15) is 0 Å². The summed E-state index contributed by atoms with van der Waals surface area (Å²) in [5, 5.41) is 9.50. The topological polar surface area (TPSA) is 16.4 Å². The summed E-state index contributed by atoms with van der Waals surface area (Å²) >= 11 is 0. The standard InChI is InChI=1S/C60H39NO/c1-2-14-45-38-47(27-26-40(45)12-1)42-30-35-50(36-31-42)61(49-33-28-41(29-34-49)46-17-9-18-48(39-46)52-22-10-15-43-13-3-4-19-51(43)52)57-24-7-5-20-53(57)55-23-11-16-44-32-37-56-54-21-6-8-25-58(54)62-60(56)59(44)55/h1-39H. The Morgan fingerprint density at radius 2 is 0.839 bits per heavy atom. The quantitative estimate of drug-likeness (QED) is 0.160. The van der Waals surface area contributed by atoms with Crippen LogP contribution in [0.15, 0.2) is 241 Å². The van der Waals surface area contributed by atoms with Gasteiger partial charge in [0.25, 0.3) is 0 Å². The summed E-state index contributed by atoms with van der Waals surface area (Å²) in [6.45, 7) is 0. The van der Waals surface area contributed by atoms with Gasteiger partial charge in [0.2, 0.25) is 0 Å². The highest BCUT2D eigenvalue weighted by molar-refractivity contribution is 6.19. The fourth-order valence-corrected chi connectivity index (χ4v) is 9.42. The second kappa shape index (κ2) is 14.8. The van der Waals surface area contributed by atoms with Crippen LogP contribution in [0.1, 0.15) is 0 Å². The molecule has 0 radical (unpaired) electrons. The summed E-state index contributed by atoms with van der Waals surface area (Å²) in [4.78, 5) is 2.40. The van der Waals surface area contributed by atoms with E-state index < -0.39 is 0 Å². The van der Waals surface area contributed by atoms with Gasteiger partial charge < -0.3 is 9.32 Å². The molecule has 12 rings (SSSR count). The summed E-state index contributed by atoms with van der Waals surface area (Å²) in [5.41, 5.74) is 14.4. The Morgan fingerprint density at radius 3 is 1.65 bits per heavy atom. The maximum absolute atomic E-state index is 6.68. The number of hydrogen-bond acceptors (Lipinski definition) is 2. The third-order valence-electron chi connectivity index (χ3n) is 12.5. The van der Waals surface area contributed by atoms with E-state index in [-0.39, 0.29) is 0 Å². The number of rotatable bonds is 7. The van der Waals surface area contributed by atoms with Crippen LogP contribution in [-0.2, 0) is 0 Å². The summed E-state index contributed by atoms with van der Waals surface area (Å²) in [6.07, 6.45) is 0. The van der Waals surface area contributed by atoms with Crippen molar-refractivity contribution in [1.82, 2.24) is 0 Å². The zero-order valence-electron chi connectivity index (χ0n) is 33.9. The summed E-state index contributed by atoms with van der Waals surface area (Å²) in [6, 6.07) is 85.5. The van der Waals surface area contributed by atoms with Crippen LogP contribution in [0, 0.1) is 0 Å². The average molecular weight is 790 g/mol. The van der Waals surface area contributed by atoms with E-state index in [4.69, 9.17) is 4.42 Å². The third-order valence-corrected chi connectivity index (χ3v) is 12.5. The van der Waals surface area contributed by atoms with Crippen molar-refractivity contribution in [2.75, 3.05) is 4.90 Å². The minimum atomic E-state index is 0.897. The van der Waals surface area contributed by atoms with Crippen LogP contribution >= 0.6 is 0 Å². The van der Waals surface area contributed by atoms with E-state index in [9.17, 15) is 0 Å². The molecule has 12 aromatic rings. The van der Waals surface area contributed by atoms with Gasteiger partial charge in [-0.05, 0) is 120 Å². The molecule has 0 atom stereocenters. The molecule has 0 N–H and O–H groups in total. The van der Waals surface area contributed by atoms with E-state index in [2.05, 4.69) is 235 Å². The van der Waals surface area contributed by atoms with Crippen LogP contribution in [0.5, 0.6) is 0 Å². The van der Waals surface area contributed by atoms with Crippen LogP contribution in [0.4, 0.5) is 17.1 Å². The number of furan rings is 1. The molecule has 11 aromatic carbocycles.